The van der Waals surface area contributed by atoms with Gasteiger partial charge in [0.15, 0.2) is 5.82 Å². The maximum Gasteiger partial charge on any atom is 0.339 e. The fraction of sp³-hybridized carbons (Fsp3) is 0.273. The van der Waals surface area contributed by atoms with Gasteiger partial charge in [0.05, 0.1) is 18.9 Å². The Balaban J connectivity index is 2.08. The minimum atomic E-state index is -1.06. The molecule has 0 atom stereocenters. The molecular formula is C11H12N4O3. The number of carbonyl (C=O) groups is 1. The SMILES string of the molecule is CCc1cnc(CNc2nnccc2C(=O)O)o1. The van der Waals surface area contributed by atoms with Crippen LogP contribution in [0.1, 0.15) is 28.9 Å². The van der Waals surface area contributed by atoms with Crippen molar-refractivity contribution in [3.63, 3.8) is 0 Å². The van der Waals surface area contributed by atoms with E-state index in [1.54, 1.807) is 6.20 Å². The third-order valence-electron chi connectivity index (χ3n) is 2.31. The van der Waals surface area contributed by atoms with Crippen LogP contribution in [0.5, 0.6) is 0 Å². The van der Waals surface area contributed by atoms with Gasteiger partial charge >= 0.3 is 5.97 Å². The van der Waals surface area contributed by atoms with Gasteiger partial charge in [0, 0.05) is 6.42 Å². The van der Waals surface area contributed by atoms with Crippen LogP contribution in [0.4, 0.5) is 5.82 Å². The molecule has 2 aromatic heterocycles. The highest BCUT2D eigenvalue weighted by atomic mass is 16.4. The van der Waals surface area contributed by atoms with Crippen LogP contribution >= 0.6 is 0 Å². The summed E-state index contributed by atoms with van der Waals surface area (Å²) in [6.07, 6.45) is 3.74. The van der Waals surface area contributed by atoms with E-state index in [1.165, 1.54) is 12.3 Å². The van der Waals surface area contributed by atoms with Crippen LogP contribution in [0, 0.1) is 0 Å². The third-order valence-corrected chi connectivity index (χ3v) is 2.31. The van der Waals surface area contributed by atoms with Crippen LogP contribution in [0.15, 0.2) is 22.9 Å². The van der Waals surface area contributed by atoms with Gasteiger partial charge in [-0.2, -0.15) is 5.10 Å². The van der Waals surface area contributed by atoms with Crippen molar-refractivity contribution in [2.24, 2.45) is 0 Å². The second-order valence-electron chi connectivity index (χ2n) is 3.53. The molecule has 0 bridgehead atoms. The molecule has 18 heavy (non-hydrogen) atoms. The van der Waals surface area contributed by atoms with Crippen molar-refractivity contribution in [1.82, 2.24) is 15.2 Å². The summed E-state index contributed by atoms with van der Waals surface area (Å²) in [5.41, 5.74) is 0.0623. The average Bonchev–Trinajstić information content (AvgIpc) is 2.84. The molecule has 0 amide bonds. The largest absolute Gasteiger partial charge is 0.478 e. The molecule has 2 heterocycles. The minimum absolute atomic E-state index is 0.0623. The standard InChI is InChI=1S/C11H12N4O3/c1-2-7-5-12-9(18-7)6-13-10-8(11(16)17)3-4-14-15-10/h3-5H,2,6H2,1H3,(H,13,15)(H,16,17). The van der Waals surface area contributed by atoms with Gasteiger partial charge in [0.25, 0.3) is 0 Å². The zero-order chi connectivity index (χ0) is 13.0. The molecule has 0 saturated carbocycles. The Morgan fingerprint density at radius 3 is 3.06 bits per heavy atom. The normalized spacial score (nSPS) is 10.3. The van der Waals surface area contributed by atoms with E-state index in [9.17, 15) is 4.79 Å². The quantitative estimate of drug-likeness (QED) is 0.823. The van der Waals surface area contributed by atoms with Crippen LogP contribution in [0.2, 0.25) is 0 Å². The number of carboxylic acid groups (broad SMARTS) is 1. The van der Waals surface area contributed by atoms with E-state index in [0.717, 1.165) is 12.2 Å². The molecule has 0 spiro atoms. The van der Waals surface area contributed by atoms with Crippen molar-refractivity contribution in [1.29, 1.82) is 0 Å². The molecule has 2 N–H and O–H groups in total. The Labute approximate surface area is 103 Å². The van der Waals surface area contributed by atoms with Crippen LogP contribution in [-0.4, -0.2) is 26.3 Å². The van der Waals surface area contributed by atoms with E-state index >= 15 is 0 Å². The Kier molecular flexibility index (Phi) is 3.52. The molecule has 7 heteroatoms. The first kappa shape index (κ1) is 12.0. The summed E-state index contributed by atoms with van der Waals surface area (Å²) in [7, 11) is 0. The number of aryl methyl sites for hydroxylation is 1. The zero-order valence-electron chi connectivity index (χ0n) is 9.75. The molecule has 7 nitrogen and oxygen atoms in total. The molecular weight excluding hydrogens is 236 g/mol. The van der Waals surface area contributed by atoms with Crippen LogP contribution in [-0.2, 0) is 13.0 Å². The summed E-state index contributed by atoms with van der Waals surface area (Å²) in [5.74, 6) is 0.397. The lowest BCUT2D eigenvalue weighted by atomic mass is 10.3. The lowest BCUT2D eigenvalue weighted by molar-refractivity contribution is 0.0697. The van der Waals surface area contributed by atoms with E-state index in [0.29, 0.717) is 5.89 Å². The highest BCUT2D eigenvalue weighted by Gasteiger charge is 2.11. The van der Waals surface area contributed by atoms with Crippen molar-refractivity contribution in [2.45, 2.75) is 19.9 Å². The Hall–Kier alpha value is -2.44. The molecule has 0 aliphatic heterocycles. The number of anilines is 1. The molecule has 0 aromatic carbocycles. The predicted octanol–water partition coefficient (Wildman–Crippen LogP) is 1.34. The van der Waals surface area contributed by atoms with Gasteiger partial charge in [0.1, 0.15) is 11.3 Å². The highest BCUT2D eigenvalue weighted by Crippen LogP contribution is 2.12. The summed E-state index contributed by atoms with van der Waals surface area (Å²) in [5, 5.41) is 19.2. The van der Waals surface area contributed by atoms with Gasteiger partial charge < -0.3 is 14.8 Å². The number of carboxylic acids is 1. The Morgan fingerprint density at radius 1 is 1.56 bits per heavy atom. The Morgan fingerprint density at radius 2 is 2.39 bits per heavy atom. The number of hydrogen-bond acceptors (Lipinski definition) is 6. The molecule has 0 aliphatic carbocycles. The van der Waals surface area contributed by atoms with Crippen LogP contribution < -0.4 is 5.32 Å². The summed E-state index contributed by atoms with van der Waals surface area (Å²) in [6, 6.07) is 1.38. The van der Waals surface area contributed by atoms with Crippen molar-refractivity contribution in [2.75, 3.05) is 5.32 Å². The number of oxazole rings is 1. The lowest BCUT2D eigenvalue weighted by Crippen LogP contribution is -2.09. The van der Waals surface area contributed by atoms with Crippen molar-refractivity contribution < 1.29 is 14.3 Å². The number of rotatable bonds is 5. The molecule has 94 valence electrons. The number of nitrogens with one attached hydrogen (secondary N) is 1. The minimum Gasteiger partial charge on any atom is -0.478 e. The molecule has 0 fully saturated rings. The van der Waals surface area contributed by atoms with Crippen LogP contribution in [0.3, 0.4) is 0 Å². The maximum absolute atomic E-state index is 10.9. The summed E-state index contributed by atoms with van der Waals surface area (Å²) in [6.45, 7) is 2.22. The fourth-order valence-electron chi connectivity index (χ4n) is 1.39. The van der Waals surface area contributed by atoms with Crippen molar-refractivity contribution in [3.8, 4) is 0 Å². The maximum atomic E-state index is 10.9. The number of hydrogen-bond donors (Lipinski definition) is 2. The molecule has 2 aromatic rings. The third kappa shape index (κ3) is 2.62. The first-order valence-electron chi connectivity index (χ1n) is 5.43. The highest BCUT2D eigenvalue weighted by molar-refractivity contribution is 5.92. The molecule has 0 radical (unpaired) electrons. The smallest absolute Gasteiger partial charge is 0.339 e. The van der Waals surface area contributed by atoms with E-state index in [2.05, 4.69) is 20.5 Å². The number of nitrogens with zero attached hydrogens (tertiary/aromatic N) is 3. The topological polar surface area (TPSA) is 101 Å². The second kappa shape index (κ2) is 5.26. The van der Waals surface area contributed by atoms with E-state index in [4.69, 9.17) is 9.52 Å². The monoisotopic (exact) mass is 248 g/mol. The van der Waals surface area contributed by atoms with Gasteiger partial charge in [-0.3, -0.25) is 0 Å². The molecule has 0 aliphatic rings. The molecule has 0 saturated heterocycles. The van der Waals surface area contributed by atoms with Crippen molar-refractivity contribution >= 4 is 11.8 Å². The number of aromatic nitrogens is 3. The fourth-order valence-corrected chi connectivity index (χ4v) is 1.39. The molecule has 2 rings (SSSR count). The van der Waals surface area contributed by atoms with Gasteiger partial charge in [0.2, 0.25) is 5.89 Å². The van der Waals surface area contributed by atoms with Gasteiger partial charge in [-0.1, -0.05) is 6.92 Å². The van der Waals surface area contributed by atoms with Gasteiger partial charge in [-0.25, -0.2) is 9.78 Å². The van der Waals surface area contributed by atoms with E-state index < -0.39 is 5.97 Å². The van der Waals surface area contributed by atoms with E-state index in [1.807, 2.05) is 6.92 Å². The Bertz CT molecular complexity index is 553. The first-order chi connectivity index (χ1) is 8.70. The first-order valence-corrected chi connectivity index (χ1v) is 5.43. The number of aromatic carboxylic acids is 1. The second-order valence-corrected chi connectivity index (χ2v) is 3.53. The molecule has 0 unspecified atom stereocenters. The van der Waals surface area contributed by atoms with Gasteiger partial charge in [-0.15, -0.1) is 5.10 Å². The predicted molar refractivity (Wildman–Crippen MR) is 62.2 cm³/mol. The van der Waals surface area contributed by atoms with Gasteiger partial charge in [-0.05, 0) is 6.07 Å². The summed E-state index contributed by atoms with van der Waals surface area (Å²) >= 11 is 0. The zero-order valence-corrected chi connectivity index (χ0v) is 9.75. The lowest BCUT2D eigenvalue weighted by Gasteiger charge is -2.04. The van der Waals surface area contributed by atoms with E-state index in [-0.39, 0.29) is 17.9 Å². The van der Waals surface area contributed by atoms with Crippen LogP contribution in [0.25, 0.3) is 0 Å². The summed E-state index contributed by atoms with van der Waals surface area (Å²) < 4.78 is 5.39. The summed E-state index contributed by atoms with van der Waals surface area (Å²) in [4.78, 5) is 15.0. The van der Waals surface area contributed by atoms with Crippen molar-refractivity contribution in [3.05, 3.63) is 35.7 Å². The average molecular weight is 248 g/mol.